The number of fused-ring (bicyclic) bond motifs is 1. The lowest BCUT2D eigenvalue weighted by molar-refractivity contribution is 0.429. The summed E-state index contributed by atoms with van der Waals surface area (Å²) in [5.41, 5.74) is 2.44. The molecule has 0 fully saturated rings. The van der Waals surface area contributed by atoms with Gasteiger partial charge in [-0.1, -0.05) is 68.4 Å². The molecular weight excluding hydrogens is 370 g/mol. The zero-order valence-electron chi connectivity index (χ0n) is 15.9. The van der Waals surface area contributed by atoms with Gasteiger partial charge in [0.1, 0.15) is 27.9 Å². The number of hydrogen-bond acceptors (Lipinski definition) is 5. The molecule has 0 bridgehead atoms. The Labute approximate surface area is 168 Å². The quantitative estimate of drug-likeness (QED) is 0.417. The Hall–Kier alpha value is -2.99. The van der Waals surface area contributed by atoms with Crippen LogP contribution in [0.3, 0.4) is 0 Å². The predicted molar refractivity (Wildman–Crippen MR) is 114 cm³/mol. The first kappa shape index (κ1) is 18.4. The maximum atomic E-state index is 10.6. The first-order valence-electron chi connectivity index (χ1n) is 8.97. The van der Waals surface area contributed by atoms with Crippen LogP contribution in [0.25, 0.3) is 27.7 Å². The Balaban J connectivity index is 2.01. The summed E-state index contributed by atoms with van der Waals surface area (Å²) in [6, 6.07) is 17.1. The van der Waals surface area contributed by atoms with Gasteiger partial charge in [0, 0.05) is 17.2 Å². The third-order valence-corrected chi connectivity index (χ3v) is 5.13. The van der Waals surface area contributed by atoms with Crippen molar-refractivity contribution in [1.29, 1.82) is 0 Å². The molecule has 0 unspecified atom stereocenters. The summed E-state index contributed by atoms with van der Waals surface area (Å²) in [6.07, 6.45) is 0. The summed E-state index contributed by atoms with van der Waals surface area (Å²) in [5, 5.41) is 31.8. The lowest BCUT2D eigenvalue weighted by Gasteiger charge is -2.22. The number of aromatic nitrogens is 3. The van der Waals surface area contributed by atoms with Gasteiger partial charge in [0.2, 0.25) is 0 Å². The molecule has 0 saturated carbocycles. The minimum atomic E-state index is -0.309. The molecule has 0 radical (unpaired) electrons. The average molecular weight is 391 g/mol. The lowest BCUT2D eigenvalue weighted by Crippen LogP contribution is -2.12. The van der Waals surface area contributed by atoms with E-state index in [0.29, 0.717) is 22.0 Å². The lowest BCUT2D eigenvalue weighted by atomic mass is 9.86. The number of rotatable bonds is 2. The Morgan fingerprint density at radius 3 is 2.39 bits per heavy atom. The highest BCUT2D eigenvalue weighted by molar-refractivity contribution is 7.80. The fourth-order valence-corrected chi connectivity index (χ4v) is 3.70. The van der Waals surface area contributed by atoms with Gasteiger partial charge in [-0.2, -0.15) is 0 Å². The van der Waals surface area contributed by atoms with Crippen molar-refractivity contribution >= 4 is 23.4 Å². The van der Waals surface area contributed by atoms with Crippen LogP contribution in [0.4, 0.5) is 0 Å². The second-order valence-electron chi connectivity index (χ2n) is 7.81. The van der Waals surface area contributed by atoms with Gasteiger partial charge in [-0.3, -0.25) is 0 Å². The zero-order chi connectivity index (χ0) is 20.1. The number of phenolic OH excluding ortho intramolecular Hbond substituents is 2. The number of hydrogen-bond donors (Lipinski definition) is 3. The van der Waals surface area contributed by atoms with Gasteiger partial charge in [-0.25, -0.2) is 4.68 Å². The fraction of sp³-hybridized carbons (Fsp3) is 0.182. The highest BCUT2D eigenvalue weighted by atomic mass is 32.1. The molecule has 0 aliphatic carbocycles. The summed E-state index contributed by atoms with van der Waals surface area (Å²) < 4.78 is 1.58. The van der Waals surface area contributed by atoms with Crippen molar-refractivity contribution < 1.29 is 10.2 Å². The van der Waals surface area contributed by atoms with Crippen LogP contribution < -0.4 is 0 Å². The number of aromatic hydroxyl groups is 2. The van der Waals surface area contributed by atoms with E-state index in [4.69, 9.17) is 0 Å². The first-order chi connectivity index (χ1) is 13.3. The molecule has 1 aromatic heterocycles. The van der Waals surface area contributed by atoms with Crippen molar-refractivity contribution in [3.05, 3.63) is 60.2 Å². The summed E-state index contributed by atoms with van der Waals surface area (Å²) in [7, 11) is 0. The molecule has 0 aliphatic rings. The smallest absolute Gasteiger partial charge is 0.145 e. The third kappa shape index (κ3) is 2.99. The molecule has 28 heavy (non-hydrogen) atoms. The van der Waals surface area contributed by atoms with Crippen LogP contribution >= 0.6 is 12.6 Å². The van der Waals surface area contributed by atoms with Gasteiger partial charge in [-0.15, -0.1) is 17.7 Å². The van der Waals surface area contributed by atoms with Gasteiger partial charge in [0.15, 0.2) is 0 Å². The van der Waals surface area contributed by atoms with Crippen molar-refractivity contribution in [1.82, 2.24) is 15.0 Å². The standard InChI is InChI=1S/C22H21N3O2S/c1-22(2,3)16-11-17(19(27)12-18(16)26)25-20(21(28)23-24-25)15-10-6-8-13-7-4-5-9-14(13)15/h4-12,26-28H,1-3H3. The van der Waals surface area contributed by atoms with Crippen molar-refractivity contribution in [2.24, 2.45) is 0 Å². The SMILES string of the molecule is CC(C)(C)c1cc(-n2nnc(S)c2-c2cccc3ccccc23)c(O)cc1O. The van der Waals surface area contributed by atoms with E-state index in [1.54, 1.807) is 10.7 Å². The van der Waals surface area contributed by atoms with Crippen molar-refractivity contribution in [2.45, 2.75) is 31.2 Å². The Bertz CT molecular complexity index is 1190. The molecule has 0 amide bonds. The zero-order valence-corrected chi connectivity index (χ0v) is 16.8. The third-order valence-electron chi connectivity index (χ3n) is 4.83. The molecule has 4 rings (SSSR count). The van der Waals surface area contributed by atoms with E-state index < -0.39 is 0 Å². The number of nitrogens with zero attached hydrogens (tertiary/aromatic N) is 3. The largest absolute Gasteiger partial charge is 0.508 e. The van der Waals surface area contributed by atoms with Crippen molar-refractivity contribution in [3.8, 4) is 28.4 Å². The van der Waals surface area contributed by atoms with Gasteiger partial charge >= 0.3 is 0 Å². The minimum absolute atomic E-state index is 0.0478. The van der Waals surface area contributed by atoms with E-state index >= 15 is 0 Å². The molecule has 4 aromatic rings. The summed E-state index contributed by atoms with van der Waals surface area (Å²) >= 11 is 4.52. The van der Waals surface area contributed by atoms with Crippen LogP contribution in [0.2, 0.25) is 0 Å². The molecular formula is C22H21N3O2S. The normalized spacial score (nSPS) is 11.9. The highest BCUT2D eigenvalue weighted by Crippen LogP contribution is 2.40. The second-order valence-corrected chi connectivity index (χ2v) is 8.23. The Morgan fingerprint density at radius 1 is 0.929 bits per heavy atom. The highest BCUT2D eigenvalue weighted by Gasteiger charge is 2.24. The van der Waals surface area contributed by atoms with E-state index in [-0.39, 0.29) is 16.9 Å². The Morgan fingerprint density at radius 2 is 1.64 bits per heavy atom. The molecule has 2 N–H and O–H groups in total. The van der Waals surface area contributed by atoms with Gasteiger partial charge in [-0.05, 0) is 22.3 Å². The molecule has 0 spiro atoms. The number of thiol groups is 1. The topological polar surface area (TPSA) is 71.2 Å². The number of phenols is 2. The van der Waals surface area contributed by atoms with E-state index in [1.165, 1.54) is 6.07 Å². The molecule has 142 valence electrons. The van der Waals surface area contributed by atoms with Crippen LogP contribution in [0, 0.1) is 0 Å². The summed E-state index contributed by atoms with van der Waals surface area (Å²) in [5.74, 6) is -0.0307. The van der Waals surface area contributed by atoms with Gasteiger partial charge in [0.05, 0.1) is 0 Å². The molecule has 6 heteroatoms. The van der Waals surface area contributed by atoms with Crippen LogP contribution in [0.1, 0.15) is 26.3 Å². The molecule has 3 aromatic carbocycles. The van der Waals surface area contributed by atoms with Crippen molar-refractivity contribution in [2.75, 3.05) is 0 Å². The van der Waals surface area contributed by atoms with Gasteiger partial charge in [0.25, 0.3) is 0 Å². The molecule has 1 heterocycles. The van der Waals surface area contributed by atoms with Crippen LogP contribution in [0.5, 0.6) is 11.5 Å². The van der Waals surface area contributed by atoms with E-state index in [0.717, 1.165) is 16.3 Å². The molecule has 5 nitrogen and oxygen atoms in total. The first-order valence-corrected chi connectivity index (χ1v) is 9.41. The van der Waals surface area contributed by atoms with Crippen LogP contribution in [0.15, 0.2) is 59.6 Å². The molecule has 0 saturated heterocycles. The predicted octanol–water partition coefficient (Wildman–Crippen LogP) is 5.08. The van der Waals surface area contributed by atoms with E-state index in [9.17, 15) is 10.2 Å². The summed E-state index contributed by atoms with van der Waals surface area (Å²) in [6.45, 7) is 6.00. The number of benzene rings is 3. The fourth-order valence-electron chi connectivity index (χ4n) is 3.45. The van der Waals surface area contributed by atoms with E-state index in [1.807, 2.05) is 63.2 Å². The molecule has 0 aliphatic heterocycles. The van der Waals surface area contributed by atoms with Crippen LogP contribution in [-0.2, 0) is 5.41 Å². The minimum Gasteiger partial charge on any atom is -0.508 e. The molecule has 0 atom stereocenters. The second kappa shape index (κ2) is 6.56. The summed E-state index contributed by atoms with van der Waals surface area (Å²) in [4.78, 5) is 0. The monoisotopic (exact) mass is 391 g/mol. The maximum absolute atomic E-state index is 10.6. The van der Waals surface area contributed by atoms with E-state index in [2.05, 4.69) is 22.9 Å². The van der Waals surface area contributed by atoms with Crippen molar-refractivity contribution in [3.63, 3.8) is 0 Å². The van der Waals surface area contributed by atoms with Gasteiger partial charge < -0.3 is 10.2 Å². The van der Waals surface area contributed by atoms with Crippen LogP contribution in [-0.4, -0.2) is 25.2 Å². The Kier molecular flexibility index (Phi) is 4.31. The maximum Gasteiger partial charge on any atom is 0.145 e. The average Bonchev–Trinajstić information content (AvgIpc) is 3.01.